The lowest BCUT2D eigenvalue weighted by atomic mass is 10.2. The summed E-state index contributed by atoms with van der Waals surface area (Å²) in [6.07, 6.45) is 4.85. The highest BCUT2D eigenvalue weighted by Gasteiger charge is 1.92. The molecule has 0 aliphatic carbocycles. The van der Waals surface area contributed by atoms with Crippen LogP contribution in [-0.4, -0.2) is 19.8 Å². The second-order valence-electron chi connectivity index (χ2n) is 4.34. The first kappa shape index (κ1) is 14.2. The lowest BCUT2D eigenvalue weighted by Crippen LogP contribution is -2.16. The Morgan fingerprint density at radius 3 is 2.53 bits per heavy atom. The normalized spacial score (nSPS) is 10.6. The molecule has 0 atom stereocenters. The van der Waals surface area contributed by atoms with Gasteiger partial charge in [-0.1, -0.05) is 50.1 Å². The first-order valence-electron chi connectivity index (χ1n) is 6.76. The minimum Gasteiger partial charge on any atom is -0.381 e. The SMILES string of the molecule is CCCCCOCCCNCc1ccccc1. The Bertz CT molecular complexity index is 261. The number of benzene rings is 1. The Morgan fingerprint density at radius 2 is 1.76 bits per heavy atom. The van der Waals surface area contributed by atoms with Gasteiger partial charge in [-0.25, -0.2) is 0 Å². The number of nitrogens with one attached hydrogen (secondary N) is 1. The van der Waals surface area contributed by atoms with Crippen LogP contribution in [0.2, 0.25) is 0 Å². The zero-order chi connectivity index (χ0) is 12.2. The van der Waals surface area contributed by atoms with Crippen LogP contribution in [0.4, 0.5) is 0 Å². The molecule has 0 bridgehead atoms. The van der Waals surface area contributed by atoms with E-state index in [-0.39, 0.29) is 0 Å². The second kappa shape index (κ2) is 10.3. The minimum atomic E-state index is 0.880. The van der Waals surface area contributed by atoms with E-state index in [9.17, 15) is 0 Å². The van der Waals surface area contributed by atoms with E-state index in [1.165, 1.54) is 24.8 Å². The van der Waals surface area contributed by atoms with Crippen LogP contribution in [0.5, 0.6) is 0 Å². The second-order valence-corrected chi connectivity index (χ2v) is 4.34. The Balaban J connectivity index is 1.85. The fourth-order valence-electron chi connectivity index (χ4n) is 1.68. The molecular weight excluding hydrogens is 210 g/mol. The quantitative estimate of drug-likeness (QED) is 0.628. The van der Waals surface area contributed by atoms with E-state index in [1.54, 1.807) is 0 Å². The van der Waals surface area contributed by atoms with Gasteiger partial charge in [0.05, 0.1) is 0 Å². The highest BCUT2D eigenvalue weighted by molar-refractivity contribution is 5.14. The Hall–Kier alpha value is -0.860. The predicted molar refractivity (Wildman–Crippen MR) is 73.1 cm³/mol. The monoisotopic (exact) mass is 235 g/mol. The van der Waals surface area contributed by atoms with Gasteiger partial charge in [0.1, 0.15) is 0 Å². The smallest absolute Gasteiger partial charge is 0.0478 e. The van der Waals surface area contributed by atoms with Crippen molar-refractivity contribution in [3.05, 3.63) is 35.9 Å². The van der Waals surface area contributed by atoms with Crippen LogP contribution >= 0.6 is 0 Å². The maximum atomic E-state index is 5.55. The summed E-state index contributed by atoms with van der Waals surface area (Å²) in [5, 5.41) is 3.42. The first-order valence-corrected chi connectivity index (χ1v) is 6.76. The Kier molecular flexibility index (Phi) is 8.61. The molecule has 0 radical (unpaired) electrons. The molecule has 0 fully saturated rings. The van der Waals surface area contributed by atoms with Crippen molar-refractivity contribution in [3.8, 4) is 0 Å². The van der Waals surface area contributed by atoms with E-state index in [0.717, 1.165) is 32.7 Å². The molecule has 1 rings (SSSR count). The summed E-state index contributed by atoms with van der Waals surface area (Å²) >= 11 is 0. The van der Waals surface area contributed by atoms with Crippen LogP contribution in [0.15, 0.2) is 30.3 Å². The molecule has 1 aromatic rings. The molecule has 0 unspecified atom stereocenters. The fourth-order valence-corrected chi connectivity index (χ4v) is 1.68. The molecule has 2 nitrogen and oxygen atoms in total. The van der Waals surface area contributed by atoms with Crippen molar-refractivity contribution in [1.82, 2.24) is 5.32 Å². The third-order valence-electron chi connectivity index (χ3n) is 2.71. The molecule has 96 valence electrons. The van der Waals surface area contributed by atoms with Crippen molar-refractivity contribution in [2.24, 2.45) is 0 Å². The molecule has 1 aromatic carbocycles. The summed E-state index contributed by atoms with van der Waals surface area (Å²) < 4.78 is 5.55. The third-order valence-corrected chi connectivity index (χ3v) is 2.71. The summed E-state index contributed by atoms with van der Waals surface area (Å²) in [4.78, 5) is 0. The lowest BCUT2D eigenvalue weighted by molar-refractivity contribution is 0.127. The van der Waals surface area contributed by atoms with Crippen molar-refractivity contribution >= 4 is 0 Å². The zero-order valence-electron chi connectivity index (χ0n) is 11.0. The van der Waals surface area contributed by atoms with Crippen LogP contribution in [0.1, 0.15) is 38.2 Å². The van der Waals surface area contributed by atoms with Gasteiger partial charge in [0.2, 0.25) is 0 Å². The molecule has 0 spiro atoms. The Labute approximate surface area is 105 Å². The van der Waals surface area contributed by atoms with Crippen LogP contribution in [-0.2, 0) is 11.3 Å². The maximum absolute atomic E-state index is 5.55. The summed E-state index contributed by atoms with van der Waals surface area (Å²) in [5.41, 5.74) is 1.34. The van der Waals surface area contributed by atoms with Crippen molar-refractivity contribution in [2.75, 3.05) is 19.8 Å². The number of hydrogen-bond donors (Lipinski definition) is 1. The minimum absolute atomic E-state index is 0.880. The van der Waals surface area contributed by atoms with Gasteiger partial charge in [-0.3, -0.25) is 0 Å². The van der Waals surface area contributed by atoms with Gasteiger partial charge >= 0.3 is 0 Å². The molecule has 0 aliphatic rings. The van der Waals surface area contributed by atoms with Gasteiger partial charge in [-0.2, -0.15) is 0 Å². The van der Waals surface area contributed by atoms with Gasteiger partial charge in [0.25, 0.3) is 0 Å². The van der Waals surface area contributed by atoms with Gasteiger partial charge < -0.3 is 10.1 Å². The molecule has 0 aliphatic heterocycles. The topological polar surface area (TPSA) is 21.3 Å². The molecule has 0 saturated heterocycles. The molecule has 0 amide bonds. The van der Waals surface area contributed by atoms with E-state index in [0.29, 0.717) is 0 Å². The van der Waals surface area contributed by atoms with Gasteiger partial charge in [-0.15, -0.1) is 0 Å². The van der Waals surface area contributed by atoms with E-state index >= 15 is 0 Å². The van der Waals surface area contributed by atoms with Gasteiger partial charge in [0.15, 0.2) is 0 Å². The predicted octanol–water partition coefficient (Wildman–Crippen LogP) is 3.37. The highest BCUT2D eigenvalue weighted by atomic mass is 16.5. The summed E-state index contributed by atoms with van der Waals surface area (Å²) in [6.45, 7) is 6.00. The molecule has 1 N–H and O–H groups in total. The molecule has 0 aromatic heterocycles. The average molecular weight is 235 g/mol. The first-order chi connectivity index (χ1) is 8.43. The standard InChI is InChI=1S/C15H25NO/c1-2-3-7-12-17-13-8-11-16-14-15-9-5-4-6-10-15/h4-6,9-10,16H,2-3,7-8,11-14H2,1H3. The Morgan fingerprint density at radius 1 is 1.00 bits per heavy atom. The van der Waals surface area contributed by atoms with E-state index in [1.807, 2.05) is 6.07 Å². The van der Waals surface area contributed by atoms with Crippen LogP contribution in [0.3, 0.4) is 0 Å². The summed E-state index contributed by atoms with van der Waals surface area (Å²) in [7, 11) is 0. The summed E-state index contributed by atoms with van der Waals surface area (Å²) in [6, 6.07) is 10.5. The van der Waals surface area contributed by atoms with Crippen molar-refractivity contribution < 1.29 is 4.74 Å². The molecule has 2 heteroatoms. The van der Waals surface area contributed by atoms with Gasteiger partial charge in [0, 0.05) is 19.8 Å². The number of hydrogen-bond acceptors (Lipinski definition) is 2. The molecule has 0 saturated carbocycles. The number of ether oxygens (including phenoxy) is 1. The maximum Gasteiger partial charge on any atom is 0.0478 e. The molecule has 17 heavy (non-hydrogen) atoms. The van der Waals surface area contributed by atoms with Crippen LogP contribution < -0.4 is 5.32 Å². The van der Waals surface area contributed by atoms with Crippen LogP contribution in [0.25, 0.3) is 0 Å². The molecular formula is C15H25NO. The molecule has 0 heterocycles. The third kappa shape index (κ3) is 7.94. The summed E-state index contributed by atoms with van der Waals surface area (Å²) in [5.74, 6) is 0. The number of unbranched alkanes of at least 4 members (excludes halogenated alkanes) is 2. The van der Waals surface area contributed by atoms with Crippen molar-refractivity contribution in [1.29, 1.82) is 0 Å². The van der Waals surface area contributed by atoms with Gasteiger partial charge in [-0.05, 0) is 24.9 Å². The van der Waals surface area contributed by atoms with Crippen molar-refractivity contribution in [2.45, 2.75) is 39.2 Å². The largest absolute Gasteiger partial charge is 0.381 e. The number of rotatable bonds is 10. The van der Waals surface area contributed by atoms with E-state index in [2.05, 4.69) is 36.5 Å². The average Bonchev–Trinajstić information content (AvgIpc) is 2.38. The van der Waals surface area contributed by atoms with Crippen molar-refractivity contribution in [3.63, 3.8) is 0 Å². The lowest BCUT2D eigenvalue weighted by Gasteiger charge is -2.06. The van der Waals surface area contributed by atoms with E-state index < -0.39 is 0 Å². The zero-order valence-corrected chi connectivity index (χ0v) is 11.0. The van der Waals surface area contributed by atoms with Crippen LogP contribution in [0, 0.1) is 0 Å². The highest BCUT2D eigenvalue weighted by Crippen LogP contribution is 1.97. The van der Waals surface area contributed by atoms with E-state index in [4.69, 9.17) is 4.74 Å². The fraction of sp³-hybridized carbons (Fsp3) is 0.600.